The minimum atomic E-state index is -0.525. The molecule has 2 amide bonds. The molecule has 0 spiro atoms. The maximum absolute atomic E-state index is 12.2. The molecule has 2 aromatic rings. The Kier molecular flexibility index (Phi) is 10.6. The van der Waals surface area contributed by atoms with E-state index in [1.807, 2.05) is 36.6 Å². The topological polar surface area (TPSA) is 84.2 Å². The van der Waals surface area contributed by atoms with Gasteiger partial charge in [-0.3, -0.25) is 9.59 Å². The zero-order chi connectivity index (χ0) is 18.8. The van der Waals surface area contributed by atoms with Crippen molar-refractivity contribution >= 4 is 41.7 Å². The Balaban J connectivity index is 0.00000364. The van der Waals surface area contributed by atoms with Gasteiger partial charge < -0.3 is 16.4 Å². The third-order valence-corrected chi connectivity index (χ3v) is 4.57. The van der Waals surface area contributed by atoms with E-state index in [1.165, 1.54) is 5.56 Å². The van der Waals surface area contributed by atoms with Gasteiger partial charge in [0.2, 0.25) is 5.91 Å². The highest BCUT2D eigenvalue weighted by Crippen LogP contribution is 2.11. The predicted molar refractivity (Wildman–Crippen MR) is 116 cm³/mol. The molecular weight excluding hydrogens is 382 g/mol. The molecule has 1 atom stereocenters. The highest BCUT2D eigenvalue weighted by Gasteiger charge is 2.13. The van der Waals surface area contributed by atoms with Crippen LogP contribution in [0, 0.1) is 0 Å². The average Bonchev–Trinajstić information content (AvgIpc) is 2.67. The summed E-state index contributed by atoms with van der Waals surface area (Å²) in [4.78, 5) is 24.2. The standard InChI is InChI=1S/C20H25N3O2S.ClH/c1-26-14-12-18(21)20(25)23-17-9-7-16(8-10-17)19(24)22-13-11-15-5-3-2-4-6-15;/h2-10,18H,11-14,21H2,1H3,(H,22,24)(H,23,25);1H/t18-;/m0./s1. The zero-order valence-corrected chi connectivity index (χ0v) is 16.9. The number of nitrogens with two attached hydrogens (primary N) is 1. The van der Waals surface area contributed by atoms with E-state index in [0.717, 1.165) is 12.2 Å². The summed E-state index contributed by atoms with van der Waals surface area (Å²) in [7, 11) is 0. The van der Waals surface area contributed by atoms with E-state index < -0.39 is 6.04 Å². The maximum atomic E-state index is 12.2. The number of benzene rings is 2. The van der Waals surface area contributed by atoms with Crippen molar-refractivity contribution in [2.75, 3.05) is 23.9 Å². The number of carbonyl (C=O) groups excluding carboxylic acids is 2. The molecule has 0 aliphatic heterocycles. The monoisotopic (exact) mass is 407 g/mol. The first-order valence-corrected chi connectivity index (χ1v) is 9.97. The molecule has 2 rings (SSSR count). The van der Waals surface area contributed by atoms with Crippen molar-refractivity contribution in [3.05, 3.63) is 65.7 Å². The molecular formula is C20H26ClN3O2S. The van der Waals surface area contributed by atoms with Gasteiger partial charge in [0, 0.05) is 17.8 Å². The van der Waals surface area contributed by atoms with Gasteiger partial charge in [0.05, 0.1) is 6.04 Å². The molecule has 0 aliphatic carbocycles. The normalized spacial score (nSPS) is 11.2. The Morgan fingerprint density at radius 1 is 1.07 bits per heavy atom. The summed E-state index contributed by atoms with van der Waals surface area (Å²) in [6.07, 6.45) is 3.40. The van der Waals surface area contributed by atoms with Gasteiger partial charge in [0.25, 0.3) is 5.91 Å². The summed E-state index contributed by atoms with van der Waals surface area (Å²) in [6, 6.07) is 16.3. The van der Waals surface area contributed by atoms with Crippen LogP contribution < -0.4 is 16.4 Å². The minimum Gasteiger partial charge on any atom is -0.352 e. The molecule has 0 unspecified atom stereocenters. The van der Waals surface area contributed by atoms with Crippen LogP contribution in [0.5, 0.6) is 0 Å². The van der Waals surface area contributed by atoms with Crippen molar-refractivity contribution in [2.45, 2.75) is 18.9 Å². The van der Waals surface area contributed by atoms with E-state index in [9.17, 15) is 9.59 Å². The molecule has 0 bridgehead atoms. The van der Waals surface area contributed by atoms with Crippen molar-refractivity contribution in [3.8, 4) is 0 Å². The molecule has 27 heavy (non-hydrogen) atoms. The first-order chi connectivity index (χ1) is 12.6. The van der Waals surface area contributed by atoms with Crippen molar-refractivity contribution in [1.82, 2.24) is 5.32 Å². The van der Waals surface area contributed by atoms with Crippen LogP contribution in [-0.2, 0) is 11.2 Å². The Morgan fingerprint density at radius 3 is 2.37 bits per heavy atom. The lowest BCUT2D eigenvalue weighted by molar-refractivity contribution is -0.117. The molecule has 0 fully saturated rings. The van der Waals surface area contributed by atoms with Gasteiger partial charge in [-0.15, -0.1) is 12.4 Å². The van der Waals surface area contributed by atoms with Gasteiger partial charge in [-0.2, -0.15) is 11.8 Å². The zero-order valence-electron chi connectivity index (χ0n) is 15.3. The Labute approximate surface area is 170 Å². The van der Waals surface area contributed by atoms with Gasteiger partial charge in [0.15, 0.2) is 0 Å². The van der Waals surface area contributed by atoms with E-state index in [0.29, 0.717) is 24.2 Å². The van der Waals surface area contributed by atoms with Crippen molar-refractivity contribution in [1.29, 1.82) is 0 Å². The number of nitrogens with one attached hydrogen (secondary N) is 2. The third-order valence-electron chi connectivity index (χ3n) is 3.93. The van der Waals surface area contributed by atoms with Gasteiger partial charge in [-0.25, -0.2) is 0 Å². The van der Waals surface area contributed by atoms with Gasteiger partial charge in [0.1, 0.15) is 0 Å². The second kappa shape index (κ2) is 12.4. The molecule has 4 N–H and O–H groups in total. The first kappa shape index (κ1) is 23.0. The Bertz CT molecular complexity index is 711. The van der Waals surface area contributed by atoms with Gasteiger partial charge in [-0.1, -0.05) is 30.3 Å². The van der Waals surface area contributed by atoms with Crippen molar-refractivity contribution in [3.63, 3.8) is 0 Å². The van der Waals surface area contributed by atoms with E-state index in [-0.39, 0.29) is 24.2 Å². The lowest BCUT2D eigenvalue weighted by Gasteiger charge is -2.12. The maximum Gasteiger partial charge on any atom is 0.251 e. The van der Waals surface area contributed by atoms with Crippen LogP contribution in [0.4, 0.5) is 5.69 Å². The smallest absolute Gasteiger partial charge is 0.251 e. The van der Waals surface area contributed by atoms with E-state index in [2.05, 4.69) is 10.6 Å². The summed E-state index contributed by atoms with van der Waals surface area (Å²) >= 11 is 1.66. The summed E-state index contributed by atoms with van der Waals surface area (Å²) in [6.45, 7) is 0.575. The lowest BCUT2D eigenvalue weighted by Crippen LogP contribution is -2.36. The summed E-state index contributed by atoms with van der Waals surface area (Å²) in [5.74, 6) is 0.506. The average molecular weight is 408 g/mol. The highest BCUT2D eigenvalue weighted by molar-refractivity contribution is 7.98. The van der Waals surface area contributed by atoms with Crippen LogP contribution in [0.1, 0.15) is 22.3 Å². The quantitative estimate of drug-likeness (QED) is 0.596. The lowest BCUT2D eigenvalue weighted by atomic mass is 10.1. The molecule has 0 saturated heterocycles. The molecule has 0 heterocycles. The molecule has 0 aliphatic rings. The van der Waals surface area contributed by atoms with E-state index in [1.54, 1.807) is 36.0 Å². The van der Waals surface area contributed by atoms with Gasteiger partial charge >= 0.3 is 0 Å². The number of rotatable bonds is 9. The molecule has 146 valence electrons. The second-order valence-corrected chi connectivity index (χ2v) is 6.93. The Hall–Kier alpha value is -2.02. The molecule has 5 nitrogen and oxygen atoms in total. The van der Waals surface area contributed by atoms with Crippen LogP contribution in [0.3, 0.4) is 0 Å². The number of hydrogen-bond donors (Lipinski definition) is 3. The van der Waals surface area contributed by atoms with Crippen molar-refractivity contribution < 1.29 is 9.59 Å². The molecule has 0 radical (unpaired) electrons. The molecule has 0 saturated carbocycles. The second-order valence-electron chi connectivity index (χ2n) is 5.95. The number of thioether (sulfide) groups is 1. The fourth-order valence-corrected chi connectivity index (χ4v) is 2.87. The van der Waals surface area contributed by atoms with E-state index >= 15 is 0 Å². The third kappa shape index (κ3) is 8.03. The first-order valence-electron chi connectivity index (χ1n) is 8.57. The summed E-state index contributed by atoms with van der Waals surface area (Å²) in [5.41, 5.74) is 8.22. The molecule has 0 aromatic heterocycles. The van der Waals surface area contributed by atoms with Crippen LogP contribution in [-0.4, -0.2) is 36.4 Å². The number of carbonyl (C=O) groups is 2. The number of hydrogen-bond acceptors (Lipinski definition) is 4. The summed E-state index contributed by atoms with van der Waals surface area (Å²) in [5, 5.41) is 5.68. The van der Waals surface area contributed by atoms with Crippen LogP contribution in [0.25, 0.3) is 0 Å². The fourth-order valence-electron chi connectivity index (χ4n) is 2.38. The van der Waals surface area contributed by atoms with Gasteiger partial charge in [-0.05, 0) is 54.7 Å². The Morgan fingerprint density at radius 2 is 1.74 bits per heavy atom. The minimum absolute atomic E-state index is 0. The van der Waals surface area contributed by atoms with E-state index in [4.69, 9.17) is 5.73 Å². The molecule has 2 aromatic carbocycles. The number of amides is 2. The van der Waals surface area contributed by atoms with Crippen LogP contribution in [0.2, 0.25) is 0 Å². The SMILES string of the molecule is CSCC[C@H](N)C(=O)Nc1ccc(C(=O)NCCc2ccccc2)cc1.Cl. The van der Waals surface area contributed by atoms with Crippen LogP contribution in [0.15, 0.2) is 54.6 Å². The summed E-state index contributed by atoms with van der Waals surface area (Å²) < 4.78 is 0. The fraction of sp³-hybridized carbons (Fsp3) is 0.300. The van der Waals surface area contributed by atoms with Crippen molar-refractivity contribution in [2.24, 2.45) is 5.73 Å². The number of anilines is 1. The molecule has 7 heteroatoms. The largest absolute Gasteiger partial charge is 0.352 e. The number of halogens is 1. The van der Waals surface area contributed by atoms with Crippen LogP contribution >= 0.6 is 24.2 Å². The predicted octanol–water partition coefficient (Wildman–Crippen LogP) is 3.10. The highest BCUT2D eigenvalue weighted by atomic mass is 35.5.